The van der Waals surface area contributed by atoms with Crippen molar-refractivity contribution in [3.05, 3.63) is 72.0 Å². The standard InChI is InChI=1S/C22H21O2.ClHO4/c1-22(2,3)20-13-17(15-9-5-4-6-10-15)18-14-23-19-12-8-7-11-16(19)21(18)24-20;2-1(3,4)5/h4-13H,14H2,1-3H3;(H,2,3,4,5)/q+1;/p-1. The molecule has 0 radical (unpaired) electrons. The fraction of sp³-hybridized carbons (Fsp3) is 0.227. The van der Waals surface area contributed by atoms with Crippen LogP contribution in [0.1, 0.15) is 32.1 Å². The van der Waals surface area contributed by atoms with Gasteiger partial charge in [-0.1, -0.05) is 42.5 Å². The van der Waals surface area contributed by atoms with Gasteiger partial charge in [0.1, 0.15) is 23.5 Å². The summed E-state index contributed by atoms with van der Waals surface area (Å²) in [5.74, 6) is 2.80. The normalized spacial score (nSPS) is 12.8. The van der Waals surface area contributed by atoms with E-state index in [4.69, 9.17) is 27.8 Å². The lowest BCUT2D eigenvalue weighted by Gasteiger charge is -2.19. The van der Waals surface area contributed by atoms with Crippen LogP contribution in [-0.2, 0) is 12.0 Å². The molecule has 0 spiro atoms. The molecule has 0 saturated carbocycles. The van der Waals surface area contributed by atoms with Gasteiger partial charge in [-0.3, -0.25) is 0 Å². The summed E-state index contributed by atoms with van der Waals surface area (Å²) < 4.78 is 46.3. The molecule has 7 heteroatoms. The molecule has 0 amide bonds. The van der Waals surface area contributed by atoms with Gasteiger partial charge in [-0.15, -0.1) is 10.2 Å². The predicted molar refractivity (Wildman–Crippen MR) is 97.0 cm³/mol. The smallest absolute Gasteiger partial charge is 0.371 e. The van der Waals surface area contributed by atoms with Crippen LogP contribution in [0.25, 0.3) is 22.5 Å². The summed E-state index contributed by atoms with van der Waals surface area (Å²) in [4.78, 5) is 0. The molecule has 1 aromatic heterocycles. The summed E-state index contributed by atoms with van der Waals surface area (Å²) in [5, 5.41) is 0. The van der Waals surface area contributed by atoms with Gasteiger partial charge in [0.25, 0.3) is 0 Å². The molecule has 0 N–H and O–H groups in total. The molecule has 152 valence electrons. The second kappa shape index (κ2) is 8.10. The van der Waals surface area contributed by atoms with Crippen molar-refractivity contribution in [1.29, 1.82) is 0 Å². The lowest BCUT2D eigenvalue weighted by molar-refractivity contribution is -2.00. The number of fused-ring (bicyclic) bond motifs is 3. The first kappa shape index (κ1) is 21.2. The molecule has 0 atom stereocenters. The molecule has 1 aliphatic rings. The van der Waals surface area contributed by atoms with Crippen LogP contribution in [0, 0.1) is 10.2 Å². The Hall–Kier alpha value is -2.48. The molecule has 0 fully saturated rings. The van der Waals surface area contributed by atoms with E-state index in [1.165, 1.54) is 11.1 Å². The molecule has 0 bridgehead atoms. The van der Waals surface area contributed by atoms with Gasteiger partial charge in [-0.25, -0.2) is 23.1 Å². The first-order chi connectivity index (χ1) is 13.5. The van der Waals surface area contributed by atoms with Crippen LogP contribution in [-0.4, -0.2) is 0 Å². The monoisotopic (exact) mass is 416 g/mol. The number of para-hydroxylation sites is 1. The molecule has 0 unspecified atom stereocenters. The average molecular weight is 417 g/mol. The van der Waals surface area contributed by atoms with Gasteiger partial charge in [0.15, 0.2) is 0 Å². The summed E-state index contributed by atoms with van der Waals surface area (Å²) in [7, 11) is -4.94. The van der Waals surface area contributed by atoms with Crippen LogP contribution in [0.4, 0.5) is 0 Å². The third-order valence-corrected chi connectivity index (χ3v) is 4.41. The fourth-order valence-electron chi connectivity index (χ4n) is 3.08. The van der Waals surface area contributed by atoms with E-state index in [1.54, 1.807) is 0 Å². The maximum atomic E-state index is 8.49. The van der Waals surface area contributed by atoms with E-state index < -0.39 is 10.2 Å². The first-order valence-corrected chi connectivity index (χ1v) is 10.2. The Morgan fingerprint density at radius 3 is 2.07 bits per heavy atom. The number of hydrogen-bond acceptors (Lipinski definition) is 5. The Labute approximate surface area is 171 Å². The molecule has 0 saturated heterocycles. The molecular formula is C22H21ClO6. The minimum atomic E-state index is -4.94. The van der Waals surface area contributed by atoms with Crippen molar-refractivity contribution in [3.8, 4) is 28.2 Å². The van der Waals surface area contributed by atoms with Crippen molar-refractivity contribution >= 4 is 0 Å². The second-order valence-corrected chi connectivity index (χ2v) is 8.37. The highest BCUT2D eigenvalue weighted by Gasteiger charge is 2.36. The van der Waals surface area contributed by atoms with Crippen molar-refractivity contribution in [1.82, 2.24) is 0 Å². The summed E-state index contributed by atoms with van der Waals surface area (Å²) in [6.07, 6.45) is 0. The number of rotatable bonds is 1. The third-order valence-electron chi connectivity index (χ3n) is 4.41. The summed E-state index contributed by atoms with van der Waals surface area (Å²) >= 11 is 0. The van der Waals surface area contributed by atoms with E-state index in [2.05, 4.69) is 57.2 Å². The highest BCUT2D eigenvalue weighted by atomic mass is 35.7. The predicted octanol–water partition coefficient (Wildman–Crippen LogP) is 1.33. The summed E-state index contributed by atoms with van der Waals surface area (Å²) in [6.45, 7) is 7.07. The highest BCUT2D eigenvalue weighted by molar-refractivity contribution is 5.79. The highest BCUT2D eigenvalue weighted by Crippen LogP contribution is 2.43. The topological polar surface area (TPSA) is 113 Å². The lowest BCUT2D eigenvalue weighted by Crippen LogP contribution is -2.68. The number of halogens is 1. The van der Waals surface area contributed by atoms with E-state index >= 15 is 0 Å². The Balaban J connectivity index is 0.000000431. The maximum absolute atomic E-state index is 8.49. The lowest BCUT2D eigenvalue weighted by atomic mass is 9.88. The van der Waals surface area contributed by atoms with E-state index in [1.807, 2.05) is 24.3 Å². The van der Waals surface area contributed by atoms with Gasteiger partial charge in [0.2, 0.25) is 0 Å². The quantitative estimate of drug-likeness (QED) is 0.553. The van der Waals surface area contributed by atoms with Crippen molar-refractivity contribution in [2.45, 2.75) is 32.8 Å². The largest absolute Gasteiger partial charge is 0.488 e. The maximum Gasteiger partial charge on any atom is 0.371 e. The minimum absolute atomic E-state index is 0.0637. The van der Waals surface area contributed by atoms with Gasteiger partial charge in [-0.05, 0) is 38.5 Å². The molecule has 1 aliphatic heterocycles. The Kier molecular flexibility index (Phi) is 5.93. The van der Waals surface area contributed by atoms with Crippen LogP contribution in [0.15, 0.2) is 65.1 Å². The van der Waals surface area contributed by atoms with Crippen LogP contribution >= 0.6 is 0 Å². The van der Waals surface area contributed by atoms with Crippen LogP contribution in [0.5, 0.6) is 5.75 Å². The first-order valence-electron chi connectivity index (χ1n) is 8.94. The molecule has 0 aliphatic carbocycles. The third kappa shape index (κ3) is 5.32. The fourth-order valence-corrected chi connectivity index (χ4v) is 3.08. The molecule has 2 heterocycles. The van der Waals surface area contributed by atoms with Crippen molar-refractivity contribution in [2.75, 3.05) is 0 Å². The number of benzene rings is 2. The SMILES string of the molecule is CC(C)(C)c1cc(-c2ccccc2)c2c([o+]1)-c1ccccc1OC2.[O-][Cl+3]([O-])([O-])[O-]. The van der Waals surface area contributed by atoms with E-state index in [9.17, 15) is 0 Å². The van der Waals surface area contributed by atoms with E-state index in [0.29, 0.717) is 6.61 Å². The van der Waals surface area contributed by atoms with E-state index in [0.717, 1.165) is 28.4 Å². The zero-order valence-corrected chi connectivity index (χ0v) is 17.1. The van der Waals surface area contributed by atoms with Gasteiger partial charge in [-0.2, -0.15) is 0 Å². The van der Waals surface area contributed by atoms with Gasteiger partial charge in [0.05, 0.1) is 5.41 Å². The van der Waals surface area contributed by atoms with E-state index in [-0.39, 0.29) is 5.41 Å². The Bertz CT molecular complexity index is 967. The Morgan fingerprint density at radius 1 is 0.862 bits per heavy atom. The molecule has 29 heavy (non-hydrogen) atoms. The van der Waals surface area contributed by atoms with Gasteiger partial charge in [0, 0.05) is 11.6 Å². The Morgan fingerprint density at radius 2 is 1.45 bits per heavy atom. The van der Waals surface area contributed by atoms with Gasteiger partial charge >= 0.3 is 11.5 Å². The van der Waals surface area contributed by atoms with Crippen molar-refractivity contribution < 1.29 is 38.0 Å². The van der Waals surface area contributed by atoms with Crippen LogP contribution in [0.2, 0.25) is 0 Å². The van der Waals surface area contributed by atoms with Crippen molar-refractivity contribution in [2.24, 2.45) is 0 Å². The average Bonchev–Trinajstić information content (AvgIpc) is 2.65. The summed E-state index contributed by atoms with van der Waals surface area (Å²) in [5.41, 5.74) is 4.47. The zero-order chi connectivity index (χ0) is 21.2. The number of ether oxygens (including phenoxy) is 1. The van der Waals surface area contributed by atoms with Crippen LogP contribution < -0.4 is 23.4 Å². The second-order valence-electron chi connectivity index (χ2n) is 7.61. The van der Waals surface area contributed by atoms with Gasteiger partial charge < -0.3 is 4.74 Å². The molecule has 6 nitrogen and oxygen atoms in total. The molecule has 2 aromatic carbocycles. The number of hydrogen-bond donors (Lipinski definition) is 0. The van der Waals surface area contributed by atoms with Crippen molar-refractivity contribution in [3.63, 3.8) is 0 Å². The van der Waals surface area contributed by atoms with Crippen LogP contribution in [0.3, 0.4) is 0 Å². The zero-order valence-electron chi connectivity index (χ0n) is 16.3. The summed E-state index contributed by atoms with van der Waals surface area (Å²) in [6, 6.07) is 20.7. The molecule has 4 rings (SSSR count). The molecule has 3 aromatic rings. The molecular weight excluding hydrogens is 396 g/mol. The minimum Gasteiger partial charge on any atom is -0.488 e.